The number of nitrogens with zero attached hydrogens (tertiary/aromatic N) is 1. The van der Waals surface area contributed by atoms with E-state index >= 15 is 0 Å². The molecule has 2 heterocycles. The second-order valence-corrected chi connectivity index (χ2v) is 10.9. The molecular formula is C27H32N2O4. The van der Waals surface area contributed by atoms with Crippen molar-refractivity contribution < 1.29 is 19.7 Å². The number of piperidine rings is 1. The van der Waals surface area contributed by atoms with Gasteiger partial charge in [0.2, 0.25) is 0 Å². The van der Waals surface area contributed by atoms with Crippen LogP contribution in [0.5, 0.6) is 11.5 Å². The molecule has 5 atom stereocenters. The Labute approximate surface area is 194 Å². The van der Waals surface area contributed by atoms with Crippen LogP contribution in [0.3, 0.4) is 0 Å². The van der Waals surface area contributed by atoms with E-state index in [1.807, 2.05) is 30.3 Å². The summed E-state index contributed by atoms with van der Waals surface area (Å²) in [6.07, 6.45) is 5.25. The van der Waals surface area contributed by atoms with Crippen molar-refractivity contribution in [1.82, 2.24) is 4.90 Å². The molecule has 2 saturated carbocycles. The lowest BCUT2D eigenvalue weighted by Crippen LogP contribution is -2.77. The zero-order valence-corrected chi connectivity index (χ0v) is 18.9. The minimum absolute atomic E-state index is 0.0933. The maximum absolute atomic E-state index is 12.5. The molecule has 7 rings (SSSR count). The van der Waals surface area contributed by atoms with E-state index in [1.165, 1.54) is 18.4 Å². The first-order valence-electron chi connectivity index (χ1n) is 12.4. The molecule has 0 aromatic heterocycles. The number of nitrogen functional groups attached to an aromatic ring is 1. The minimum atomic E-state index is -0.867. The first-order valence-corrected chi connectivity index (χ1v) is 12.4. The topological polar surface area (TPSA) is 88.2 Å². The summed E-state index contributed by atoms with van der Waals surface area (Å²) in [5.74, 6) is 1.53. The number of hydrogen-bond acceptors (Lipinski definition) is 6. The Balaban J connectivity index is 1.28. The molecule has 5 aliphatic rings. The standard InChI is InChI=1S/C27H32N2O4/c28-19-3-1-2-17(12-19)15-32-21-8-9-27(31)22-13-18-6-7-20(30)24-23(18)26(27,25(21)33-24)10-11-29(22)14-16-4-5-16/h1-3,6-7,12,16,21-22,25,30-31H,4-5,8-11,13-15,28H2/t21-,22-,25+,26+,27-/m1/s1. The maximum Gasteiger partial charge on any atom is 0.165 e. The fourth-order valence-corrected chi connectivity index (χ4v) is 7.49. The van der Waals surface area contributed by atoms with Crippen LogP contribution in [0.2, 0.25) is 0 Å². The Bertz CT molecular complexity index is 1120. The Morgan fingerprint density at radius 2 is 2.03 bits per heavy atom. The quantitative estimate of drug-likeness (QED) is 0.609. The molecule has 2 aromatic carbocycles. The van der Waals surface area contributed by atoms with E-state index in [4.69, 9.17) is 15.2 Å². The van der Waals surface area contributed by atoms with Crippen molar-refractivity contribution in [1.29, 1.82) is 0 Å². The van der Waals surface area contributed by atoms with Crippen molar-refractivity contribution in [2.24, 2.45) is 5.92 Å². The van der Waals surface area contributed by atoms with Crippen molar-refractivity contribution in [3.05, 3.63) is 53.1 Å². The highest BCUT2D eigenvalue weighted by Gasteiger charge is 2.73. The molecule has 1 saturated heterocycles. The van der Waals surface area contributed by atoms with E-state index in [0.717, 1.165) is 55.1 Å². The van der Waals surface area contributed by atoms with Crippen LogP contribution in [0.4, 0.5) is 5.69 Å². The maximum atomic E-state index is 12.5. The molecule has 0 unspecified atom stereocenters. The smallest absolute Gasteiger partial charge is 0.165 e. The molecule has 3 fully saturated rings. The summed E-state index contributed by atoms with van der Waals surface area (Å²) in [7, 11) is 0. The molecule has 4 N–H and O–H groups in total. The van der Waals surface area contributed by atoms with Gasteiger partial charge in [-0.1, -0.05) is 18.2 Å². The van der Waals surface area contributed by atoms with E-state index in [-0.39, 0.29) is 24.0 Å². The van der Waals surface area contributed by atoms with Gasteiger partial charge in [0.15, 0.2) is 11.5 Å². The molecule has 33 heavy (non-hydrogen) atoms. The van der Waals surface area contributed by atoms with E-state index in [2.05, 4.69) is 4.90 Å². The van der Waals surface area contributed by atoms with Gasteiger partial charge >= 0.3 is 0 Å². The summed E-state index contributed by atoms with van der Waals surface area (Å²) in [6.45, 7) is 2.50. The molecule has 6 heteroatoms. The zero-order valence-electron chi connectivity index (χ0n) is 18.9. The number of hydrogen-bond donors (Lipinski definition) is 3. The van der Waals surface area contributed by atoms with Crippen molar-refractivity contribution in [2.75, 3.05) is 18.8 Å². The van der Waals surface area contributed by atoms with Gasteiger partial charge in [-0.25, -0.2) is 0 Å². The number of ether oxygens (including phenoxy) is 2. The number of phenols is 1. The zero-order chi connectivity index (χ0) is 22.4. The summed E-state index contributed by atoms with van der Waals surface area (Å²) in [5, 5.41) is 23.2. The first kappa shape index (κ1) is 20.1. The molecule has 2 aliphatic heterocycles. The molecule has 2 aromatic rings. The normalized spacial score (nSPS) is 36.3. The van der Waals surface area contributed by atoms with E-state index in [1.54, 1.807) is 6.07 Å². The first-order chi connectivity index (χ1) is 16.0. The monoisotopic (exact) mass is 448 g/mol. The van der Waals surface area contributed by atoms with Crippen LogP contribution in [0, 0.1) is 5.92 Å². The lowest BCUT2D eigenvalue weighted by molar-refractivity contribution is -0.217. The predicted molar refractivity (Wildman–Crippen MR) is 124 cm³/mol. The number of aliphatic hydroxyl groups is 1. The molecule has 0 radical (unpaired) electrons. The predicted octanol–water partition coefficient (Wildman–Crippen LogP) is 3.12. The highest BCUT2D eigenvalue weighted by Crippen LogP contribution is 2.65. The van der Waals surface area contributed by atoms with Crippen molar-refractivity contribution in [3.63, 3.8) is 0 Å². The number of benzene rings is 2. The SMILES string of the molecule is Nc1cccc(CO[C@@H]2CC[C@@]3(O)[C@H]4Cc5ccc(O)c6c5[C@@]3(CCN4CC3CC3)[C@H]2O6)c1. The van der Waals surface area contributed by atoms with Gasteiger partial charge in [-0.15, -0.1) is 0 Å². The summed E-state index contributed by atoms with van der Waals surface area (Å²) in [6, 6.07) is 11.7. The fourth-order valence-electron chi connectivity index (χ4n) is 7.49. The number of rotatable bonds is 5. The Morgan fingerprint density at radius 1 is 1.15 bits per heavy atom. The van der Waals surface area contributed by atoms with Crippen LogP contribution >= 0.6 is 0 Å². The van der Waals surface area contributed by atoms with Crippen molar-refractivity contribution >= 4 is 5.69 Å². The van der Waals surface area contributed by atoms with Gasteiger partial charge in [-0.3, -0.25) is 4.90 Å². The van der Waals surface area contributed by atoms with Gasteiger partial charge in [-0.2, -0.15) is 0 Å². The van der Waals surface area contributed by atoms with Gasteiger partial charge in [-0.05, 0) is 80.3 Å². The van der Waals surface area contributed by atoms with Crippen LogP contribution in [-0.4, -0.2) is 52.1 Å². The second kappa shape index (κ2) is 6.87. The number of likely N-dealkylation sites (tertiary alicyclic amines) is 1. The van der Waals surface area contributed by atoms with E-state index in [9.17, 15) is 10.2 Å². The molecule has 174 valence electrons. The van der Waals surface area contributed by atoms with Gasteiger partial charge in [0.1, 0.15) is 6.10 Å². The van der Waals surface area contributed by atoms with Crippen molar-refractivity contribution in [2.45, 2.75) is 74.4 Å². The third-order valence-corrected chi connectivity index (χ3v) is 9.12. The average molecular weight is 449 g/mol. The molecular weight excluding hydrogens is 416 g/mol. The number of aromatic hydroxyl groups is 1. The Kier molecular flexibility index (Phi) is 4.19. The van der Waals surface area contributed by atoms with Crippen molar-refractivity contribution in [3.8, 4) is 11.5 Å². The minimum Gasteiger partial charge on any atom is -0.504 e. The summed E-state index contributed by atoms with van der Waals surface area (Å²) >= 11 is 0. The lowest BCUT2D eigenvalue weighted by atomic mass is 9.48. The highest BCUT2D eigenvalue weighted by atomic mass is 16.6. The third-order valence-electron chi connectivity index (χ3n) is 9.12. The number of nitrogens with two attached hydrogens (primary N) is 1. The van der Waals surface area contributed by atoms with Gasteiger partial charge < -0.3 is 25.4 Å². The molecule has 3 aliphatic carbocycles. The lowest BCUT2D eigenvalue weighted by Gasteiger charge is -2.64. The fraction of sp³-hybridized carbons (Fsp3) is 0.556. The Morgan fingerprint density at radius 3 is 2.85 bits per heavy atom. The summed E-state index contributed by atoms with van der Waals surface area (Å²) in [4.78, 5) is 2.56. The second-order valence-electron chi connectivity index (χ2n) is 10.9. The van der Waals surface area contributed by atoms with Gasteiger partial charge in [0, 0.05) is 23.8 Å². The molecule has 6 nitrogen and oxygen atoms in total. The van der Waals surface area contributed by atoms with E-state index in [0.29, 0.717) is 18.8 Å². The molecule has 2 bridgehead atoms. The van der Waals surface area contributed by atoms with Gasteiger partial charge in [0.05, 0.1) is 23.7 Å². The van der Waals surface area contributed by atoms with Crippen LogP contribution in [0.1, 0.15) is 48.8 Å². The number of phenolic OH excluding ortho intramolecular Hbond substituents is 1. The number of anilines is 1. The van der Waals surface area contributed by atoms with Crippen LogP contribution in [0.25, 0.3) is 0 Å². The average Bonchev–Trinajstić information content (AvgIpc) is 3.54. The summed E-state index contributed by atoms with van der Waals surface area (Å²) < 4.78 is 13.0. The Hall–Kier alpha value is -2.28. The van der Waals surface area contributed by atoms with Crippen LogP contribution in [-0.2, 0) is 23.2 Å². The molecule has 1 spiro atoms. The highest BCUT2D eigenvalue weighted by molar-refractivity contribution is 5.62. The van der Waals surface area contributed by atoms with E-state index < -0.39 is 11.0 Å². The largest absolute Gasteiger partial charge is 0.504 e. The van der Waals surface area contributed by atoms with Crippen LogP contribution in [0.15, 0.2) is 36.4 Å². The summed E-state index contributed by atoms with van der Waals surface area (Å²) in [5.41, 5.74) is 8.59. The van der Waals surface area contributed by atoms with Crippen LogP contribution < -0.4 is 10.5 Å². The van der Waals surface area contributed by atoms with Gasteiger partial charge in [0.25, 0.3) is 0 Å². The third kappa shape index (κ3) is 2.71. The molecule has 0 amide bonds.